The highest BCUT2D eigenvalue weighted by Gasteiger charge is 2.41. The minimum atomic E-state index is -1.84. The van der Waals surface area contributed by atoms with Gasteiger partial charge in [0.2, 0.25) is 0 Å². The molecule has 0 saturated carbocycles. The summed E-state index contributed by atoms with van der Waals surface area (Å²) in [5.41, 5.74) is -3.67. The highest BCUT2D eigenvalue weighted by molar-refractivity contribution is 8.14. The van der Waals surface area contributed by atoms with E-state index in [0.717, 1.165) is 186 Å². The topological polar surface area (TPSA) is 325 Å². The third-order valence-corrected chi connectivity index (χ3v) is 22.7. The van der Waals surface area contributed by atoms with Gasteiger partial charge >= 0.3 is 67.6 Å². The third kappa shape index (κ3) is 41.7. The Morgan fingerprint density at radius 2 is 0.402 bits per heavy atom. The minimum absolute atomic E-state index is 0.0619. The summed E-state index contributed by atoms with van der Waals surface area (Å²) in [7, 11) is 0. The van der Waals surface area contributed by atoms with Gasteiger partial charge < -0.3 is 61.6 Å². The number of carbonyl (C=O) groups excluding carboxylic acids is 12. The highest BCUT2D eigenvalue weighted by atomic mass is 32.2. The SMILES string of the molecule is O=C(CCSC(=O)OCC1CC=CCC1)OCC(COCC(COC(=O)CCSC(=O)OCC1CC=CCC1)(COC(=O)CCSC(=O)OCC1CC=CCC1)COC(=O)CCSC(=O)OCC1CC=CCC1)(COC(=O)CCSC(=O)OCC1CC=CCC1)COC(=O)CCSC(=O)OCC1CC=CCC1. The van der Waals surface area contributed by atoms with E-state index in [1.54, 1.807) is 0 Å². The van der Waals surface area contributed by atoms with Crippen LogP contribution in [0.5, 0.6) is 0 Å². The van der Waals surface area contributed by atoms with E-state index >= 15 is 0 Å². The predicted molar refractivity (Wildman–Crippen MR) is 411 cm³/mol. The summed E-state index contributed by atoms with van der Waals surface area (Å²) >= 11 is 4.62. The Labute approximate surface area is 653 Å². The predicted octanol–water partition coefficient (Wildman–Crippen LogP) is 15.9. The largest absolute Gasteiger partial charge is 0.465 e. The standard InChI is InChI=1S/C76H106O25S6/c77-63(31-37-102-69(83)90-43-57-19-7-1-8-20-57)96-51-75(52-97-64(78)32-38-103-70(84)91-44-58-21-9-2-10-22-58,53-98-65(79)33-39-104-71(85)92-45-59-23-11-3-12-24-59)49-89-50-76(54-99-66(80)34-40-105-72(86)93-46-60-25-13-4-14-26-60,55-100-67(81)35-41-106-73(87)94-47-61-27-15-5-16-28-61)56-101-68(82)36-42-107-74(88)95-48-62-29-17-6-18-30-62/h1-7,9,11,13,15,17,57-62H,8,10,12,14,16,18-56H2. The second-order valence-electron chi connectivity index (χ2n) is 27.3. The van der Waals surface area contributed by atoms with E-state index in [9.17, 15) is 57.5 Å². The average Bonchev–Trinajstić information content (AvgIpc) is 0.838. The highest BCUT2D eigenvalue weighted by Crippen LogP contribution is 2.31. The van der Waals surface area contributed by atoms with E-state index in [-0.39, 0.29) is 148 Å². The molecule has 0 N–H and O–H groups in total. The van der Waals surface area contributed by atoms with E-state index in [2.05, 4.69) is 36.5 Å². The summed E-state index contributed by atoms with van der Waals surface area (Å²) in [5, 5.41) is -3.55. The normalized spacial score (nSPS) is 20.5. The quantitative estimate of drug-likeness (QED) is 0.0310. The van der Waals surface area contributed by atoms with Crippen molar-refractivity contribution in [1.82, 2.24) is 0 Å². The van der Waals surface area contributed by atoms with Crippen LogP contribution in [-0.2, 0) is 90.3 Å². The number of carbonyl (C=O) groups is 12. The lowest BCUT2D eigenvalue weighted by Crippen LogP contribution is -2.47. The fourth-order valence-corrected chi connectivity index (χ4v) is 15.1. The molecule has 0 aromatic heterocycles. The zero-order valence-corrected chi connectivity index (χ0v) is 66.1. The summed E-state index contributed by atoms with van der Waals surface area (Å²) in [6, 6.07) is 0. The van der Waals surface area contributed by atoms with E-state index < -0.39 is 131 Å². The first-order valence-electron chi connectivity index (χ1n) is 37.1. The molecule has 31 heteroatoms. The summed E-state index contributed by atoms with van der Waals surface area (Å²) in [4.78, 5) is 160. The molecule has 107 heavy (non-hydrogen) atoms. The molecule has 25 nitrogen and oxygen atoms in total. The first kappa shape index (κ1) is 90.0. The molecular formula is C76H106O25S6. The van der Waals surface area contributed by atoms with Crippen LogP contribution in [0, 0.1) is 46.3 Å². The van der Waals surface area contributed by atoms with Crippen LogP contribution in [0.2, 0.25) is 0 Å². The van der Waals surface area contributed by atoms with E-state index in [0.29, 0.717) is 0 Å². The van der Waals surface area contributed by atoms with Crippen LogP contribution in [-0.4, -0.2) is 195 Å². The van der Waals surface area contributed by atoms with Gasteiger partial charge in [-0.05, 0) is 222 Å². The van der Waals surface area contributed by atoms with Crippen LogP contribution in [0.1, 0.15) is 154 Å². The number of hydrogen-bond acceptors (Lipinski definition) is 31. The Morgan fingerprint density at radius 3 is 0.551 bits per heavy atom. The Bertz CT molecular complexity index is 2510. The number of ether oxygens (including phenoxy) is 13. The van der Waals surface area contributed by atoms with Crippen molar-refractivity contribution < 1.29 is 119 Å². The molecule has 6 aliphatic rings. The van der Waals surface area contributed by atoms with Gasteiger partial charge in [0.05, 0.1) is 102 Å². The van der Waals surface area contributed by atoms with Gasteiger partial charge in [0.1, 0.15) is 39.6 Å². The monoisotopic (exact) mass is 1610 g/mol. The minimum Gasteiger partial charge on any atom is -0.465 e. The zero-order chi connectivity index (χ0) is 76.4. The Kier molecular flexibility index (Phi) is 45.3. The molecular weight excluding hydrogens is 1510 g/mol. The Balaban J connectivity index is 1.23. The maximum Gasteiger partial charge on any atom is 0.367 e. The number of thioether (sulfide) groups is 6. The van der Waals surface area contributed by atoms with Gasteiger partial charge in [-0.1, -0.05) is 72.9 Å². The number of allylic oxidation sites excluding steroid dienone is 12. The fraction of sp³-hybridized carbons (Fsp3) is 0.684. The fourth-order valence-electron chi connectivity index (χ4n) is 11.5. The summed E-state index contributed by atoms with van der Waals surface area (Å²) in [5.74, 6) is -4.40. The Morgan fingerprint density at radius 1 is 0.234 bits per heavy atom. The number of hydrogen-bond donors (Lipinski definition) is 0. The van der Waals surface area contributed by atoms with Gasteiger partial charge in [0.15, 0.2) is 0 Å². The molecule has 6 unspecified atom stereocenters. The van der Waals surface area contributed by atoms with E-state index in [1.165, 1.54) is 0 Å². The van der Waals surface area contributed by atoms with Crippen LogP contribution in [0.15, 0.2) is 72.9 Å². The number of esters is 6. The van der Waals surface area contributed by atoms with Gasteiger partial charge in [-0.25, -0.2) is 28.8 Å². The molecule has 0 saturated heterocycles. The van der Waals surface area contributed by atoms with Crippen molar-refractivity contribution in [2.45, 2.75) is 154 Å². The van der Waals surface area contributed by atoms with Crippen molar-refractivity contribution in [3.63, 3.8) is 0 Å². The molecule has 0 aliphatic heterocycles. The van der Waals surface area contributed by atoms with Gasteiger partial charge in [-0.15, -0.1) is 0 Å². The van der Waals surface area contributed by atoms with Crippen LogP contribution < -0.4 is 0 Å². The van der Waals surface area contributed by atoms with Crippen molar-refractivity contribution in [3.05, 3.63) is 72.9 Å². The van der Waals surface area contributed by atoms with Crippen LogP contribution >= 0.6 is 70.6 Å². The molecule has 0 aromatic carbocycles. The number of rotatable bonds is 46. The molecule has 0 fully saturated rings. The summed E-state index contributed by atoms with van der Waals surface area (Å²) in [6.07, 6.45) is 37.7. The molecule has 0 aromatic rings. The molecule has 596 valence electrons. The van der Waals surface area contributed by atoms with Crippen molar-refractivity contribution in [2.24, 2.45) is 46.3 Å². The lowest BCUT2D eigenvalue weighted by atomic mass is 9.90. The first-order chi connectivity index (χ1) is 51.9. The third-order valence-electron chi connectivity index (χ3n) is 18.1. The van der Waals surface area contributed by atoms with E-state index in [4.69, 9.17) is 61.6 Å². The van der Waals surface area contributed by atoms with Crippen molar-refractivity contribution in [1.29, 1.82) is 0 Å². The lowest BCUT2D eigenvalue weighted by molar-refractivity contribution is -0.174. The summed E-state index contributed by atoms with van der Waals surface area (Å²) < 4.78 is 74.7. The molecule has 0 amide bonds. The van der Waals surface area contributed by atoms with Crippen molar-refractivity contribution in [3.8, 4) is 0 Å². The average molecular weight is 1610 g/mol. The first-order valence-corrected chi connectivity index (χ1v) is 43.0. The van der Waals surface area contributed by atoms with Gasteiger partial charge in [-0.2, -0.15) is 0 Å². The van der Waals surface area contributed by atoms with Gasteiger partial charge in [0.25, 0.3) is 0 Å². The van der Waals surface area contributed by atoms with Crippen LogP contribution in [0.25, 0.3) is 0 Å². The van der Waals surface area contributed by atoms with Crippen molar-refractivity contribution in [2.75, 3.05) is 127 Å². The smallest absolute Gasteiger partial charge is 0.367 e. The molecule has 0 radical (unpaired) electrons. The molecule has 0 bridgehead atoms. The van der Waals surface area contributed by atoms with Crippen LogP contribution in [0.3, 0.4) is 0 Å². The second-order valence-corrected chi connectivity index (χ2v) is 33.5. The lowest BCUT2D eigenvalue weighted by Gasteiger charge is -2.35. The van der Waals surface area contributed by atoms with E-state index in [1.807, 2.05) is 36.5 Å². The van der Waals surface area contributed by atoms with Crippen LogP contribution in [0.4, 0.5) is 28.8 Å². The molecule has 6 rings (SSSR count). The maximum absolute atomic E-state index is 13.8. The maximum atomic E-state index is 13.8. The van der Waals surface area contributed by atoms with Crippen molar-refractivity contribution >= 4 is 138 Å². The van der Waals surface area contributed by atoms with Gasteiger partial charge in [-0.3, -0.25) is 28.8 Å². The molecule has 6 atom stereocenters. The molecule has 0 heterocycles. The molecule has 6 aliphatic carbocycles. The second kappa shape index (κ2) is 53.9. The van der Waals surface area contributed by atoms with Gasteiger partial charge in [0, 0.05) is 34.5 Å². The summed E-state index contributed by atoms with van der Waals surface area (Å²) in [6.45, 7) is -4.18. The zero-order valence-electron chi connectivity index (χ0n) is 61.2. The molecule has 0 spiro atoms. The Hall–Kier alpha value is -5.86.